The van der Waals surface area contributed by atoms with Crippen LogP contribution in [0.15, 0.2) is 22.5 Å². The van der Waals surface area contributed by atoms with Crippen LogP contribution in [0.4, 0.5) is 0 Å². The second-order valence-corrected chi connectivity index (χ2v) is 6.55. The summed E-state index contributed by atoms with van der Waals surface area (Å²) in [5, 5.41) is 0.674. The number of rotatable bonds is 5. The molecule has 0 aliphatic carbocycles. The Morgan fingerprint density at radius 1 is 1.53 bits per heavy atom. The quantitative estimate of drug-likeness (QED) is 0.628. The average Bonchev–Trinajstić information content (AvgIpc) is 2.72. The van der Waals surface area contributed by atoms with Crippen molar-refractivity contribution in [2.45, 2.75) is 11.3 Å². The molecule has 3 nitrogen and oxygen atoms in total. The first-order chi connectivity index (χ1) is 8.20. The minimum Gasteiger partial charge on any atom is -0.609 e. The van der Waals surface area contributed by atoms with Crippen LogP contribution in [-0.2, 0) is 15.9 Å². The Balaban J connectivity index is 2.12. The summed E-state index contributed by atoms with van der Waals surface area (Å²) in [6.45, 7) is 3.06. The van der Waals surface area contributed by atoms with Gasteiger partial charge in [-0.1, -0.05) is 22.9 Å². The first-order valence-corrected chi connectivity index (χ1v) is 7.74. The Hall–Kier alpha value is -0.330. The molecule has 0 saturated heterocycles. The maximum atomic E-state index is 11.9. The first-order valence-electron chi connectivity index (χ1n) is 5.23. The lowest BCUT2D eigenvalue weighted by Gasteiger charge is -2.05. The van der Waals surface area contributed by atoms with E-state index >= 15 is 0 Å². The van der Waals surface area contributed by atoms with Crippen molar-refractivity contribution >= 4 is 44.3 Å². The molecule has 0 radical (unpaired) electrons. The number of hydrogen-bond donors (Lipinski definition) is 0. The molecule has 2 rings (SSSR count). The van der Waals surface area contributed by atoms with Gasteiger partial charge in [-0.25, -0.2) is 0 Å². The molecule has 0 N–H and O–H groups in total. The molecule has 1 aromatic heterocycles. The molecule has 17 heavy (non-hydrogen) atoms. The highest BCUT2D eigenvalue weighted by atomic mass is 35.5. The standard InChI is InChI=1S/C11H12ClNO2S2/c1-2-15-5-6-17(14)11-13-9-4-3-8(12)7-10(9)16-11/h3-4,7H,2,5-6H2,1H3. The summed E-state index contributed by atoms with van der Waals surface area (Å²) in [6, 6.07) is 5.48. The van der Waals surface area contributed by atoms with Gasteiger partial charge in [0.2, 0.25) is 0 Å². The van der Waals surface area contributed by atoms with Crippen LogP contribution in [0.2, 0.25) is 5.02 Å². The maximum absolute atomic E-state index is 11.9. The Labute approximate surface area is 112 Å². The van der Waals surface area contributed by atoms with Crippen molar-refractivity contribution in [2.24, 2.45) is 0 Å². The number of halogens is 1. The summed E-state index contributed by atoms with van der Waals surface area (Å²) in [7, 11) is 0. The molecule has 1 heterocycles. The zero-order valence-electron chi connectivity index (χ0n) is 9.31. The van der Waals surface area contributed by atoms with Crippen LogP contribution in [0, 0.1) is 0 Å². The second-order valence-electron chi connectivity index (χ2n) is 3.34. The molecule has 0 aliphatic heterocycles. The Morgan fingerprint density at radius 3 is 3.12 bits per heavy atom. The molecule has 1 aromatic carbocycles. The Kier molecular flexibility index (Phi) is 4.64. The van der Waals surface area contributed by atoms with E-state index in [9.17, 15) is 4.55 Å². The molecule has 0 fully saturated rings. The molecule has 92 valence electrons. The van der Waals surface area contributed by atoms with Crippen molar-refractivity contribution in [1.82, 2.24) is 4.98 Å². The van der Waals surface area contributed by atoms with E-state index < -0.39 is 11.2 Å². The van der Waals surface area contributed by atoms with Gasteiger partial charge in [0, 0.05) is 22.8 Å². The fraction of sp³-hybridized carbons (Fsp3) is 0.364. The smallest absolute Gasteiger partial charge is 0.302 e. The summed E-state index contributed by atoms with van der Waals surface area (Å²) < 4.78 is 18.7. The van der Waals surface area contributed by atoms with Crippen LogP contribution >= 0.6 is 22.9 Å². The number of hydrogen-bond acceptors (Lipinski definition) is 4. The van der Waals surface area contributed by atoms with Gasteiger partial charge in [0.25, 0.3) is 0 Å². The summed E-state index contributed by atoms with van der Waals surface area (Å²) in [6.07, 6.45) is 0. The van der Waals surface area contributed by atoms with E-state index in [2.05, 4.69) is 4.98 Å². The molecule has 1 unspecified atom stereocenters. The van der Waals surface area contributed by atoms with E-state index in [0.29, 0.717) is 28.3 Å². The first kappa shape index (κ1) is 13.1. The SMILES string of the molecule is CCOCC[S+]([O-])c1nc2ccc(Cl)cc2s1. The van der Waals surface area contributed by atoms with Crippen LogP contribution in [-0.4, -0.2) is 28.5 Å². The van der Waals surface area contributed by atoms with Crippen molar-refractivity contribution in [3.8, 4) is 0 Å². The van der Waals surface area contributed by atoms with Gasteiger partial charge in [0.15, 0.2) is 0 Å². The van der Waals surface area contributed by atoms with Gasteiger partial charge >= 0.3 is 4.34 Å². The van der Waals surface area contributed by atoms with Crippen molar-refractivity contribution in [2.75, 3.05) is 19.0 Å². The molecule has 1 atom stereocenters. The highest BCUT2D eigenvalue weighted by Crippen LogP contribution is 2.28. The molecule has 0 spiro atoms. The van der Waals surface area contributed by atoms with Gasteiger partial charge in [-0.3, -0.25) is 0 Å². The van der Waals surface area contributed by atoms with E-state index in [0.717, 1.165) is 10.2 Å². The van der Waals surface area contributed by atoms with Gasteiger partial charge in [0.05, 0.1) is 16.8 Å². The zero-order valence-corrected chi connectivity index (χ0v) is 11.7. The lowest BCUT2D eigenvalue weighted by Crippen LogP contribution is -2.12. The third kappa shape index (κ3) is 3.33. The van der Waals surface area contributed by atoms with Crippen LogP contribution < -0.4 is 0 Å². The molecular weight excluding hydrogens is 278 g/mol. The molecule has 0 aliphatic rings. The van der Waals surface area contributed by atoms with Crippen LogP contribution in [0.5, 0.6) is 0 Å². The number of benzene rings is 1. The van der Waals surface area contributed by atoms with E-state index in [1.54, 1.807) is 6.07 Å². The van der Waals surface area contributed by atoms with E-state index in [-0.39, 0.29) is 0 Å². The predicted molar refractivity (Wildman–Crippen MR) is 72.4 cm³/mol. The summed E-state index contributed by atoms with van der Waals surface area (Å²) in [5.74, 6) is 0.487. The van der Waals surface area contributed by atoms with E-state index in [4.69, 9.17) is 16.3 Å². The van der Waals surface area contributed by atoms with Gasteiger partial charge in [-0.15, -0.1) is 0 Å². The van der Waals surface area contributed by atoms with Crippen LogP contribution in [0.25, 0.3) is 10.2 Å². The monoisotopic (exact) mass is 289 g/mol. The molecule has 0 bridgehead atoms. The normalized spacial score (nSPS) is 13.1. The van der Waals surface area contributed by atoms with Gasteiger partial charge < -0.3 is 9.29 Å². The summed E-state index contributed by atoms with van der Waals surface area (Å²) >= 11 is 6.23. The number of thiazole rings is 1. The van der Waals surface area contributed by atoms with Crippen LogP contribution in [0.1, 0.15) is 6.92 Å². The van der Waals surface area contributed by atoms with Gasteiger partial charge in [-0.05, 0) is 25.1 Å². The van der Waals surface area contributed by atoms with E-state index in [1.165, 1.54) is 11.3 Å². The summed E-state index contributed by atoms with van der Waals surface area (Å²) in [4.78, 5) is 4.34. The number of fused-ring (bicyclic) bond motifs is 1. The van der Waals surface area contributed by atoms with Crippen molar-refractivity contribution < 1.29 is 9.29 Å². The lowest BCUT2D eigenvalue weighted by atomic mass is 10.3. The lowest BCUT2D eigenvalue weighted by molar-refractivity contribution is 0.163. The van der Waals surface area contributed by atoms with Gasteiger partial charge in [-0.2, -0.15) is 4.98 Å². The summed E-state index contributed by atoms with van der Waals surface area (Å²) in [5.41, 5.74) is 0.846. The molecular formula is C11H12ClNO2S2. The zero-order chi connectivity index (χ0) is 12.3. The fourth-order valence-electron chi connectivity index (χ4n) is 1.34. The van der Waals surface area contributed by atoms with Crippen molar-refractivity contribution in [3.63, 3.8) is 0 Å². The van der Waals surface area contributed by atoms with Crippen molar-refractivity contribution in [1.29, 1.82) is 0 Å². The highest BCUT2D eigenvalue weighted by molar-refractivity contribution is 7.93. The minimum atomic E-state index is -1.08. The molecule has 2 aromatic rings. The fourth-order valence-corrected chi connectivity index (χ4v) is 3.85. The Bertz CT molecular complexity index is 503. The third-order valence-corrected chi connectivity index (χ3v) is 5.02. The average molecular weight is 290 g/mol. The molecule has 0 saturated carbocycles. The highest BCUT2D eigenvalue weighted by Gasteiger charge is 2.16. The Morgan fingerprint density at radius 2 is 2.35 bits per heavy atom. The third-order valence-electron chi connectivity index (χ3n) is 2.14. The number of ether oxygens (including phenoxy) is 1. The largest absolute Gasteiger partial charge is 0.609 e. The number of nitrogens with zero attached hydrogens (tertiary/aromatic N) is 1. The van der Waals surface area contributed by atoms with Crippen LogP contribution in [0.3, 0.4) is 0 Å². The van der Waals surface area contributed by atoms with Gasteiger partial charge in [0.1, 0.15) is 5.75 Å². The molecule has 6 heteroatoms. The topological polar surface area (TPSA) is 45.2 Å². The molecule has 0 amide bonds. The minimum absolute atomic E-state index is 0.487. The van der Waals surface area contributed by atoms with Crippen molar-refractivity contribution in [3.05, 3.63) is 23.2 Å². The number of aromatic nitrogens is 1. The predicted octanol–water partition coefficient (Wildman–Crippen LogP) is 3.09. The maximum Gasteiger partial charge on any atom is 0.302 e. The second kappa shape index (κ2) is 6.02. The van der Waals surface area contributed by atoms with E-state index in [1.807, 2.05) is 19.1 Å².